The van der Waals surface area contributed by atoms with Crippen LogP contribution >= 0.6 is 0 Å². The lowest BCUT2D eigenvalue weighted by Gasteiger charge is -2.31. The summed E-state index contributed by atoms with van der Waals surface area (Å²) in [6.07, 6.45) is 1.14. The van der Waals surface area contributed by atoms with E-state index in [9.17, 15) is 14.4 Å². The number of para-hydroxylation sites is 1. The van der Waals surface area contributed by atoms with Gasteiger partial charge in [0, 0.05) is 24.3 Å². The summed E-state index contributed by atoms with van der Waals surface area (Å²) in [5.41, 5.74) is 7.15. The first-order valence-corrected chi connectivity index (χ1v) is 9.19. The minimum Gasteiger partial charge on any atom is -0.461 e. The van der Waals surface area contributed by atoms with Gasteiger partial charge >= 0.3 is 12.0 Å². The van der Waals surface area contributed by atoms with Crippen molar-refractivity contribution in [3.8, 4) is 0 Å². The van der Waals surface area contributed by atoms with E-state index in [1.807, 2.05) is 30.3 Å². The lowest BCUT2D eigenvalue weighted by atomic mass is 9.97. The van der Waals surface area contributed by atoms with Crippen molar-refractivity contribution in [1.82, 2.24) is 4.90 Å². The van der Waals surface area contributed by atoms with E-state index in [0.29, 0.717) is 31.5 Å². The minimum absolute atomic E-state index is 0.145. The second kappa shape index (κ2) is 9.03. The Bertz CT molecular complexity index is 828. The van der Waals surface area contributed by atoms with E-state index in [4.69, 9.17) is 10.5 Å². The molecule has 1 fully saturated rings. The SMILES string of the molecule is NC(=O)c1ccc(COC(=O)C2CCN(C(=O)Nc3ccccc3)CC2)cc1. The first-order chi connectivity index (χ1) is 13.5. The summed E-state index contributed by atoms with van der Waals surface area (Å²) < 4.78 is 5.39. The summed E-state index contributed by atoms with van der Waals surface area (Å²) in [5.74, 6) is -0.973. The standard InChI is InChI=1S/C21H23N3O4/c22-19(25)16-8-6-15(7-9-16)14-28-20(26)17-10-12-24(13-11-17)21(27)23-18-4-2-1-3-5-18/h1-9,17H,10-14H2,(H2,22,25)(H,23,27). The van der Waals surface area contributed by atoms with E-state index in [1.54, 1.807) is 29.2 Å². The molecule has 1 heterocycles. The van der Waals surface area contributed by atoms with Crippen molar-refractivity contribution in [2.45, 2.75) is 19.4 Å². The average Bonchev–Trinajstić information content (AvgIpc) is 2.73. The van der Waals surface area contributed by atoms with E-state index >= 15 is 0 Å². The van der Waals surface area contributed by atoms with Gasteiger partial charge in [-0.1, -0.05) is 30.3 Å². The molecule has 7 nitrogen and oxygen atoms in total. The molecular formula is C21H23N3O4. The maximum atomic E-state index is 12.3. The van der Waals surface area contributed by atoms with Gasteiger partial charge in [-0.25, -0.2) is 4.79 Å². The molecule has 1 aliphatic heterocycles. The summed E-state index contributed by atoms with van der Waals surface area (Å²) in [6.45, 7) is 1.16. The Hall–Kier alpha value is -3.35. The number of rotatable bonds is 5. The summed E-state index contributed by atoms with van der Waals surface area (Å²) >= 11 is 0. The topological polar surface area (TPSA) is 102 Å². The van der Waals surface area contributed by atoms with E-state index in [-0.39, 0.29) is 24.5 Å². The van der Waals surface area contributed by atoms with Gasteiger partial charge in [0.15, 0.2) is 0 Å². The summed E-state index contributed by atoms with van der Waals surface area (Å²) in [5, 5.41) is 2.85. The highest BCUT2D eigenvalue weighted by Gasteiger charge is 2.28. The van der Waals surface area contributed by atoms with Gasteiger partial charge in [-0.05, 0) is 42.7 Å². The van der Waals surface area contributed by atoms with Crippen LogP contribution in [0.3, 0.4) is 0 Å². The third-order valence-electron chi connectivity index (χ3n) is 4.76. The van der Waals surface area contributed by atoms with Crippen LogP contribution in [-0.2, 0) is 16.1 Å². The van der Waals surface area contributed by atoms with Crippen molar-refractivity contribution < 1.29 is 19.1 Å². The number of amides is 3. The molecule has 0 atom stereocenters. The van der Waals surface area contributed by atoms with Crippen molar-refractivity contribution >= 4 is 23.6 Å². The highest BCUT2D eigenvalue weighted by molar-refractivity contribution is 5.92. The van der Waals surface area contributed by atoms with E-state index in [2.05, 4.69) is 5.32 Å². The molecule has 28 heavy (non-hydrogen) atoms. The molecule has 3 amide bonds. The lowest BCUT2D eigenvalue weighted by Crippen LogP contribution is -2.42. The highest BCUT2D eigenvalue weighted by atomic mass is 16.5. The Kier molecular flexibility index (Phi) is 6.26. The summed E-state index contributed by atoms with van der Waals surface area (Å²) in [6, 6.07) is 15.7. The van der Waals surface area contributed by atoms with Crippen LogP contribution < -0.4 is 11.1 Å². The van der Waals surface area contributed by atoms with Crippen LogP contribution in [0.1, 0.15) is 28.8 Å². The molecule has 2 aromatic rings. The number of nitrogens with two attached hydrogens (primary N) is 1. The van der Waals surface area contributed by atoms with Gasteiger partial charge in [0.2, 0.25) is 5.91 Å². The van der Waals surface area contributed by atoms with Crippen LogP contribution in [0.15, 0.2) is 54.6 Å². The molecule has 2 aromatic carbocycles. The van der Waals surface area contributed by atoms with Crippen LogP contribution in [0, 0.1) is 5.92 Å². The number of nitrogens with one attached hydrogen (secondary N) is 1. The Morgan fingerprint density at radius 2 is 1.64 bits per heavy atom. The Morgan fingerprint density at radius 1 is 1.00 bits per heavy atom. The summed E-state index contributed by atoms with van der Waals surface area (Å²) in [4.78, 5) is 37.4. The van der Waals surface area contributed by atoms with E-state index in [0.717, 1.165) is 11.3 Å². The predicted molar refractivity (Wildman–Crippen MR) is 105 cm³/mol. The minimum atomic E-state index is -0.494. The number of likely N-dealkylation sites (tertiary alicyclic amines) is 1. The van der Waals surface area contributed by atoms with Crippen LogP contribution in [0.25, 0.3) is 0 Å². The van der Waals surface area contributed by atoms with Crippen molar-refractivity contribution in [1.29, 1.82) is 0 Å². The molecule has 0 aliphatic carbocycles. The van der Waals surface area contributed by atoms with Gasteiger partial charge < -0.3 is 20.7 Å². The zero-order valence-corrected chi connectivity index (χ0v) is 15.5. The summed E-state index contributed by atoms with van der Waals surface area (Å²) in [7, 11) is 0. The van der Waals surface area contributed by atoms with Crippen LogP contribution in [0.5, 0.6) is 0 Å². The number of benzene rings is 2. The second-order valence-electron chi connectivity index (χ2n) is 6.73. The van der Waals surface area contributed by atoms with Crippen molar-refractivity contribution in [3.63, 3.8) is 0 Å². The monoisotopic (exact) mass is 381 g/mol. The Labute approximate surface area is 163 Å². The molecule has 0 spiro atoms. The highest BCUT2D eigenvalue weighted by Crippen LogP contribution is 2.20. The number of piperidine rings is 1. The molecule has 0 saturated carbocycles. The number of carbonyl (C=O) groups excluding carboxylic acids is 3. The maximum Gasteiger partial charge on any atom is 0.321 e. The van der Waals surface area contributed by atoms with Gasteiger partial charge in [0.05, 0.1) is 5.92 Å². The molecule has 3 N–H and O–H groups in total. The number of esters is 1. The van der Waals surface area contributed by atoms with E-state index < -0.39 is 5.91 Å². The quantitative estimate of drug-likeness (QED) is 0.778. The molecule has 0 radical (unpaired) electrons. The smallest absolute Gasteiger partial charge is 0.321 e. The number of nitrogens with zero attached hydrogens (tertiary/aromatic N) is 1. The number of primary amides is 1. The van der Waals surface area contributed by atoms with Crippen molar-refractivity contribution in [2.24, 2.45) is 11.7 Å². The fourth-order valence-electron chi connectivity index (χ4n) is 3.08. The van der Waals surface area contributed by atoms with Crippen LogP contribution in [0.4, 0.5) is 10.5 Å². The van der Waals surface area contributed by atoms with Gasteiger partial charge in [-0.2, -0.15) is 0 Å². The zero-order chi connectivity index (χ0) is 19.9. The third-order valence-corrected chi connectivity index (χ3v) is 4.76. The van der Waals surface area contributed by atoms with Crippen molar-refractivity contribution in [3.05, 3.63) is 65.7 Å². The zero-order valence-electron chi connectivity index (χ0n) is 15.5. The van der Waals surface area contributed by atoms with Gasteiger partial charge in [-0.15, -0.1) is 0 Å². The Balaban J connectivity index is 1.43. The van der Waals surface area contributed by atoms with Gasteiger partial charge in [0.1, 0.15) is 6.61 Å². The molecule has 0 bridgehead atoms. The fraction of sp³-hybridized carbons (Fsp3) is 0.286. The normalized spacial score (nSPS) is 14.4. The molecule has 0 unspecified atom stereocenters. The van der Waals surface area contributed by atoms with E-state index in [1.165, 1.54) is 0 Å². The van der Waals surface area contributed by atoms with Crippen molar-refractivity contribution in [2.75, 3.05) is 18.4 Å². The van der Waals surface area contributed by atoms with Crippen LogP contribution in [0.2, 0.25) is 0 Å². The largest absolute Gasteiger partial charge is 0.461 e. The fourth-order valence-corrected chi connectivity index (χ4v) is 3.08. The number of hydrogen-bond donors (Lipinski definition) is 2. The first-order valence-electron chi connectivity index (χ1n) is 9.19. The molecule has 7 heteroatoms. The van der Waals surface area contributed by atoms with Gasteiger partial charge in [0.25, 0.3) is 0 Å². The predicted octanol–water partition coefficient (Wildman–Crippen LogP) is 2.77. The Morgan fingerprint density at radius 3 is 2.25 bits per heavy atom. The number of ether oxygens (including phenoxy) is 1. The second-order valence-corrected chi connectivity index (χ2v) is 6.73. The third kappa shape index (κ3) is 5.09. The molecule has 1 aliphatic rings. The molecular weight excluding hydrogens is 358 g/mol. The van der Waals surface area contributed by atoms with Gasteiger partial charge in [-0.3, -0.25) is 9.59 Å². The average molecular weight is 381 g/mol. The van der Waals surface area contributed by atoms with Crippen LogP contribution in [-0.4, -0.2) is 35.9 Å². The number of hydrogen-bond acceptors (Lipinski definition) is 4. The molecule has 3 rings (SSSR count). The molecule has 0 aromatic heterocycles. The molecule has 146 valence electrons. The number of anilines is 1. The molecule has 1 saturated heterocycles. The first kappa shape index (κ1) is 19.4. The maximum absolute atomic E-state index is 12.3. The number of urea groups is 1. The number of carbonyl (C=O) groups is 3. The lowest BCUT2D eigenvalue weighted by molar-refractivity contribution is -0.151.